The van der Waals surface area contributed by atoms with Crippen LogP contribution in [0.4, 0.5) is 0 Å². The fourth-order valence-corrected chi connectivity index (χ4v) is 3.47. The molecular weight excluding hydrogens is 250 g/mol. The fourth-order valence-electron chi connectivity index (χ4n) is 3.47. The molecule has 2 rings (SSSR count). The zero-order valence-electron chi connectivity index (χ0n) is 14.1. The van der Waals surface area contributed by atoms with Crippen LogP contribution in [0, 0.1) is 11.3 Å². The Labute approximate surface area is 125 Å². The molecule has 0 bridgehead atoms. The first-order chi connectivity index (χ1) is 9.35. The molecule has 20 heavy (non-hydrogen) atoms. The van der Waals surface area contributed by atoms with Crippen molar-refractivity contribution in [3.63, 3.8) is 0 Å². The largest absolute Gasteiger partial charge is 0.347 e. The lowest BCUT2D eigenvalue weighted by Gasteiger charge is -2.41. The number of nitrogens with zero attached hydrogens (tertiary/aromatic N) is 1. The lowest BCUT2D eigenvalue weighted by Crippen LogP contribution is -2.39. The topological polar surface area (TPSA) is 21.7 Å². The number of hydrogen-bond acceptors (Lipinski definition) is 3. The van der Waals surface area contributed by atoms with E-state index in [4.69, 9.17) is 9.47 Å². The van der Waals surface area contributed by atoms with Crippen molar-refractivity contribution >= 4 is 0 Å². The second-order valence-corrected chi connectivity index (χ2v) is 7.79. The van der Waals surface area contributed by atoms with Crippen LogP contribution < -0.4 is 0 Å². The molecular formula is C17H33NO2. The summed E-state index contributed by atoms with van der Waals surface area (Å²) in [6, 6.07) is 0. The van der Waals surface area contributed by atoms with Crippen LogP contribution >= 0.6 is 0 Å². The smallest absolute Gasteiger partial charge is 0.168 e. The zero-order valence-corrected chi connectivity index (χ0v) is 14.1. The number of hydrogen-bond donors (Lipinski definition) is 0. The van der Waals surface area contributed by atoms with E-state index in [9.17, 15) is 0 Å². The highest BCUT2D eigenvalue weighted by molar-refractivity contribution is 4.88. The van der Waals surface area contributed by atoms with Gasteiger partial charge in [0.1, 0.15) is 0 Å². The van der Waals surface area contributed by atoms with Gasteiger partial charge in [0, 0.05) is 19.4 Å². The molecule has 1 saturated carbocycles. The van der Waals surface area contributed by atoms with Gasteiger partial charge in [-0.05, 0) is 44.2 Å². The summed E-state index contributed by atoms with van der Waals surface area (Å²) in [4.78, 5) is 2.34. The van der Waals surface area contributed by atoms with Crippen LogP contribution in [-0.2, 0) is 9.47 Å². The highest BCUT2D eigenvalue weighted by Crippen LogP contribution is 2.45. The summed E-state index contributed by atoms with van der Waals surface area (Å²) in [6.45, 7) is 12.3. The van der Waals surface area contributed by atoms with Gasteiger partial charge < -0.3 is 14.4 Å². The average molecular weight is 283 g/mol. The number of ether oxygens (including phenoxy) is 2. The Kier molecular flexibility index (Phi) is 5.14. The van der Waals surface area contributed by atoms with Gasteiger partial charge in [-0.1, -0.05) is 27.7 Å². The van der Waals surface area contributed by atoms with Gasteiger partial charge >= 0.3 is 0 Å². The molecule has 1 saturated heterocycles. The van der Waals surface area contributed by atoms with Crippen molar-refractivity contribution in [2.24, 2.45) is 11.3 Å². The molecule has 1 aliphatic heterocycles. The van der Waals surface area contributed by atoms with Crippen molar-refractivity contribution < 1.29 is 9.47 Å². The van der Waals surface area contributed by atoms with E-state index < -0.39 is 0 Å². The summed E-state index contributed by atoms with van der Waals surface area (Å²) in [5, 5.41) is 0. The van der Waals surface area contributed by atoms with Gasteiger partial charge in [0.25, 0.3) is 0 Å². The molecule has 1 aliphatic carbocycles. The number of rotatable bonds is 4. The molecule has 1 spiro atoms. The minimum Gasteiger partial charge on any atom is -0.347 e. The van der Waals surface area contributed by atoms with Crippen LogP contribution in [0.15, 0.2) is 0 Å². The maximum atomic E-state index is 6.30. The predicted molar refractivity (Wildman–Crippen MR) is 82.8 cm³/mol. The van der Waals surface area contributed by atoms with Gasteiger partial charge in [-0.25, -0.2) is 0 Å². The van der Waals surface area contributed by atoms with Gasteiger partial charge in [0.2, 0.25) is 0 Å². The van der Waals surface area contributed by atoms with Crippen LogP contribution in [0.1, 0.15) is 59.8 Å². The molecule has 0 aromatic heterocycles. The predicted octanol–water partition coefficient (Wildman–Crippen LogP) is 3.68. The first-order valence-corrected chi connectivity index (χ1v) is 8.35. The monoisotopic (exact) mass is 283 g/mol. The van der Waals surface area contributed by atoms with E-state index in [0.717, 1.165) is 44.9 Å². The van der Waals surface area contributed by atoms with Gasteiger partial charge in [-0.2, -0.15) is 0 Å². The lowest BCUT2D eigenvalue weighted by atomic mass is 9.71. The van der Waals surface area contributed by atoms with Crippen LogP contribution in [0.2, 0.25) is 0 Å². The van der Waals surface area contributed by atoms with Crippen LogP contribution in [-0.4, -0.2) is 43.5 Å². The van der Waals surface area contributed by atoms with E-state index in [1.165, 1.54) is 12.8 Å². The second kappa shape index (κ2) is 6.33. The Hall–Kier alpha value is -0.120. The van der Waals surface area contributed by atoms with Crippen molar-refractivity contribution in [3.05, 3.63) is 0 Å². The third kappa shape index (κ3) is 3.96. The third-order valence-corrected chi connectivity index (χ3v) is 5.26. The molecule has 3 nitrogen and oxygen atoms in total. The van der Waals surface area contributed by atoms with E-state index in [2.05, 4.69) is 39.6 Å². The standard InChI is InChI=1S/C17H33NO2/c1-6-18(5)12-9-15-13-19-17(20-15)10-7-14(8-11-17)16(2,3)4/h14-15H,6-13H2,1-5H3. The van der Waals surface area contributed by atoms with Gasteiger partial charge in [0.15, 0.2) is 5.79 Å². The van der Waals surface area contributed by atoms with E-state index in [0.29, 0.717) is 11.5 Å². The SMILES string of the molecule is CCN(C)CCC1COC2(CCC(C(C)(C)C)CC2)O1. The van der Waals surface area contributed by atoms with Gasteiger partial charge in [0.05, 0.1) is 12.7 Å². The molecule has 1 heterocycles. The second-order valence-electron chi connectivity index (χ2n) is 7.79. The first-order valence-electron chi connectivity index (χ1n) is 8.35. The van der Waals surface area contributed by atoms with E-state index >= 15 is 0 Å². The van der Waals surface area contributed by atoms with E-state index in [-0.39, 0.29) is 5.79 Å². The molecule has 0 radical (unpaired) electrons. The van der Waals surface area contributed by atoms with Crippen LogP contribution in [0.25, 0.3) is 0 Å². The summed E-state index contributed by atoms with van der Waals surface area (Å²) >= 11 is 0. The Balaban J connectivity index is 1.78. The lowest BCUT2D eigenvalue weighted by molar-refractivity contribution is -0.197. The van der Waals surface area contributed by atoms with Crippen molar-refractivity contribution in [1.29, 1.82) is 0 Å². The Bertz CT molecular complexity index is 303. The van der Waals surface area contributed by atoms with Crippen molar-refractivity contribution in [2.75, 3.05) is 26.7 Å². The Morgan fingerprint density at radius 1 is 1.20 bits per heavy atom. The summed E-state index contributed by atoms with van der Waals surface area (Å²) in [7, 11) is 2.17. The zero-order chi connectivity index (χ0) is 14.8. The highest BCUT2D eigenvalue weighted by Gasteiger charge is 2.45. The molecule has 2 fully saturated rings. The summed E-state index contributed by atoms with van der Waals surface area (Å²) in [5.41, 5.74) is 0.420. The van der Waals surface area contributed by atoms with E-state index in [1.807, 2.05) is 0 Å². The quantitative estimate of drug-likeness (QED) is 0.785. The summed E-state index contributed by atoms with van der Waals surface area (Å²) in [5.74, 6) is 0.572. The molecule has 0 amide bonds. The molecule has 0 aromatic rings. The average Bonchev–Trinajstić information content (AvgIpc) is 2.78. The summed E-state index contributed by atoms with van der Waals surface area (Å²) in [6.07, 6.45) is 6.03. The molecule has 2 aliphatic rings. The molecule has 0 aromatic carbocycles. The molecule has 3 heteroatoms. The molecule has 0 N–H and O–H groups in total. The maximum absolute atomic E-state index is 6.30. The van der Waals surface area contributed by atoms with Crippen molar-refractivity contribution in [2.45, 2.75) is 71.7 Å². The van der Waals surface area contributed by atoms with Crippen LogP contribution in [0.3, 0.4) is 0 Å². The van der Waals surface area contributed by atoms with Crippen molar-refractivity contribution in [3.8, 4) is 0 Å². The highest BCUT2D eigenvalue weighted by atomic mass is 16.7. The van der Waals surface area contributed by atoms with Crippen molar-refractivity contribution in [1.82, 2.24) is 4.90 Å². The van der Waals surface area contributed by atoms with Crippen LogP contribution in [0.5, 0.6) is 0 Å². The Morgan fingerprint density at radius 2 is 1.85 bits per heavy atom. The van der Waals surface area contributed by atoms with E-state index in [1.54, 1.807) is 0 Å². The normalized spacial score (nSPS) is 35.1. The minimum atomic E-state index is -0.239. The minimum absolute atomic E-state index is 0.239. The molecule has 1 unspecified atom stereocenters. The fraction of sp³-hybridized carbons (Fsp3) is 1.00. The summed E-state index contributed by atoms with van der Waals surface area (Å²) < 4.78 is 12.4. The molecule has 1 atom stereocenters. The van der Waals surface area contributed by atoms with Gasteiger partial charge in [-0.15, -0.1) is 0 Å². The third-order valence-electron chi connectivity index (χ3n) is 5.26. The maximum Gasteiger partial charge on any atom is 0.168 e. The van der Waals surface area contributed by atoms with Gasteiger partial charge in [-0.3, -0.25) is 0 Å². The Morgan fingerprint density at radius 3 is 2.40 bits per heavy atom. The first kappa shape index (κ1) is 16.3. The molecule has 118 valence electrons.